The molecule has 0 bridgehead atoms. The van der Waals surface area contributed by atoms with E-state index in [9.17, 15) is 0 Å². The highest BCUT2D eigenvalue weighted by Gasteiger charge is 2.35. The van der Waals surface area contributed by atoms with Crippen LogP contribution in [0.5, 0.6) is 0 Å². The van der Waals surface area contributed by atoms with Gasteiger partial charge in [0.05, 0.1) is 13.2 Å². The summed E-state index contributed by atoms with van der Waals surface area (Å²) in [6.45, 7) is 6.83. The van der Waals surface area contributed by atoms with Gasteiger partial charge in [0.2, 0.25) is 0 Å². The van der Waals surface area contributed by atoms with Gasteiger partial charge < -0.3 is 19.9 Å². The van der Waals surface area contributed by atoms with Gasteiger partial charge in [-0.15, -0.1) is 0 Å². The van der Waals surface area contributed by atoms with Gasteiger partial charge in [0.15, 0.2) is 5.96 Å². The van der Waals surface area contributed by atoms with E-state index in [4.69, 9.17) is 4.74 Å². The number of rotatable bonds is 3. The quantitative estimate of drug-likeness (QED) is 0.668. The van der Waals surface area contributed by atoms with E-state index in [0.29, 0.717) is 0 Å². The molecule has 3 fully saturated rings. The van der Waals surface area contributed by atoms with Crippen LogP contribution in [0.15, 0.2) is 29.3 Å². The molecular formula is C21H32N4O. The topological polar surface area (TPSA) is 40.1 Å². The number of aliphatic imine (C=N–C) groups is 1. The minimum Gasteiger partial charge on any atom is -0.378 e. The minimum atomic E-state index is 0.831. The number of likely N-dealkylation sites (tertiary alicyclic amines) is 1. The van der Waals surface area contributed by atoms with Crippen LogP contribution in [0.25, 0.3) is 0 Å². The fraction of sp³-hybridized carbons (Fsp3) is 0.667. The molecule has 1 aromatic rings. The second kappa shape index (κ2) is 8.30. The van der Waals surface area contributed by atoms with Gasteiger partial charge in [-0.2, -0.15) is 0 Å². The molecule has 1 N–H and O–H groups in total. The van der Waals surface area contributed by atoms with E-state index < -0.39 is 0 Å². The molecule has 2 heterocycles. The molecule has 2 unspecified atom stereocenters. The molecular weight excluding hydrogens is 324 g/mol. The van der Waals surface area contributed by atoms with E-state index >= 15 is 0 Å². The lowest BCUT2D eigenvalue weighted by Gasteiger charge is -2.29. The molecule has 1 aliphatic carbocycles. The molecule has 2 saturated heterocycles. The second-order valence-corrected chi connectivity index (χ2v) is 7.88. The molecule has 142 valence electrons. The second-order valence-electron chi connectivity index (χ2n) is 7.88. The average molecular weight is 357 g/mol. The van der Waals surface area contributed by atoms with Crippen molar-refractivity contribution < 1.29 is 4.74 Å². The number of nitrogens with one attached hydrogen (secondary N) is 1. The summed E-state index contributed by atoms with van der Waals surface area (Å²) in [5.41, 5.74) is 2.60. The van der Waals surface area contributed by atoms with Crippen molar-refractivity contribution in [3.63, 3.8) is 0 Å². The van der Waals surface area contributed by atoms with Crippen LogP contribution in [0.4, 0.5) is 5.69 Å². The van der Waals surface area contributed by atoms with Crippen LogP contribution in [0.3, 0.4) is 0 Å². The summed E-state index contributed by atoms with van der Waals surface area (Å²) in [7, 11) is 1.91. The lowest BCUT2D eigenvalue weighted by Crippen LogP contribution is -2.39. The summed E-state index contributed by atoms with van der Waals surface area (Å²) in [5, 5.41) is 3.58. The Morgan fingerprint density at radius 1 is 1.08 bits per heavy atom. The fourth-order valence-electron chi connectivity index (χ4n) is 4.74. The van der Waals surface area contributed by atoms with Crippen LogP contribution >= 0.6 is 0 Å². The number of anilines is 1. The van der Waals surface area contributed by atoms with E-state index in [1.54, 1.807) is 0 Å². The highest BCUT2D eigenvalue weighted by molar-refractivity contribution is 5.80. The Labute approximate surface area is 157 Å². The number of nitrogens with zero attached hydrogens (tertiary/aromatic N) is 3. The van der Waals surface area contributed by atoms with Crippen LogP contribution in [0.1, 0.15) is 31.2 Å². The monoisotopic (exact) mass is 356 g/mol. The molecule has 1 saturated carbocycles. The highest BCUT2D eigenvalue weighted by Crippen LogP contribution is 2.35. The van der Waals surface area contributed by atoms with Crippen molar-refractivity contribution in [2.75, 3.05) is 51.3 Å². The van der Waals surface area contributed by atoms with Crippen LogP contribution < -0.4 is 10.2 Å². The average Bonchev–Trinajstić information content (AvgIpc) is 3.13. The van der Waals surface area contributed by atoms with E-state index in [0.717, 1.165) is 50.6 Å². The van der Waals surface area contributed by atoms with E-state index in [-0.39, 0.29) is 0 Å². The molecule has 0 radical (unpaired) electrons. The Morgan fingerprint density at radius 3 is 2.35 bits per heavy atom. The molecule has 1 aromatic carbocycles. The van der Waals surface area contributed by atoms with E-state index in [1.165, 1.54) is 50.0 Å². The first-order chi connectivity index (χ1) is 12.8. The summed E-state index contributed by atoms with van der Waals surface area (Å²) in [5.74, 6) is 2.84. The summed E-state index contributed by atoms with van der Waals surface area (Å²) >= 11 is 0. The highest BCUT2D eigenvalue weighted by atomic mass is 16.5. The predicted octanol–water partition coefficient (Wildman–Crippen LogP) is 2.72. The molecule has 3 aliphatic rings. The zero-order chi connectivity index (χ0) is 17.8. The molecule has 4 rings (SSSR count). The fourth-order valence-corrected chi connectivity index (χ4v) is 4.74. The summed E-state index contributed by atoms with van der Waals surface area (Å²) in [4.78, 5) is 9.41. The molecule has 0 spiro atoms. The van der Waals surface area contributed by atoms with Gasteiger partial charge in [-0.25, -0.2) is 0 Å². The number of hydrogen-bond donors (Lipinski definition) is 1. The normalized spacial score (nSPS) is 26.7. The Morgan fingerprint density at radius 2 is 1.73 bits per heavy atom. The zero-order valence-electron chi connectivity index (χ0n) is 16.0. The third kappa shape index (κ3) is 3.98. The number of guanidine groups is 1. The third-order valence-electron chi connectivity index (χ3n) is 6.25. The molecule has 2 atom stereocenters. The van der Waals surface area contributed by atoms with Gasteiger partial charge in [-0.1, -0.05) is 25.0 Å². The molecule has 26 heavy (non-hydrogen) atoms. The van der Waals surface area contributed by atoms with Crippen molar-refractivity contribution in [3.05, 3.63) is 29.8 Å². The minimum absolute atomic E-state index is 0.831. The zero-order valence-corrected chi connectivity index (χ0v) is 16.0. The molecule has 5 nitrogen and oxygen atoms in total. The largest absolute Gasteiger partial charge is 0.378 e. The first kappa shape index (κ1) is 17.7. The van der Waals surface area contributed by atoms with Crippen molar-refractivity contribution in [2.45, 2.75) is 32.2 Å². The first-order valence-corrected chi connectivity index (χ1v) is 10.2. The van der Waals surface area contributed by atoms with Gasteiger partial charge in [-0.3, -0.25) is 4.99 Å². The predicted molar refractivity (Wildman–Crippen MR) is 107 cm³/mol. The lowest BCUT2D eigenvalue weighted by atomic mass is 9.82. The van der Waals surface area contributed by atoms with Crippen LogP contribution in [-0.4, -0.2) is 57.3 Å². The van der Waals surface area contributed by atoms with Crippen molar-refractivity contribution >= 4 is 11.6 Å². The van der Waals surface area contributed by atoms with E-state index in [2.05, 4.69) is 44.4 Å². The Bertz CT molecular complexity index is 595. The van der Waals surface area contributed by atoms with Crippen molar-refractivity contribution in [1.29, 1.82) is 0 Å². The number of morpholine rings is 1. The van der Waals surface area contributed by atoms with Gasteiger partial charge in [0.25, 0.3) is 0 Å². The molecule has 5 heteroatoms. The summed E-state index contributed by atoms with van der Waals surface area (Å²) in [6, 6.07) is 8.93. The number of hydrogen-bond acceptors (Lipinski definition) is 3. The number of fused-ring (bicyclic) bond motifs is 1. The van der Waals surface area contributed by atoms with Gasteiger partial charge >= 0.3 is 0 Å². The van der Waals surface area contributed by atoms with Gasteiger partial charge in [-0.05, 0) is 42.4 Å². The standard InChI is InChI=1S/C21H32N4O/c1-22-21(25-15-18-4-2-3-5-19(18)16-25)23-14-17-6-8-20(9-7-17)24-10-12-26-13-11-24/h6-9,18-19H,2-5,10-16H2,1H3,(H,22,23). The smallest absolute Gasteiger partial charge is 0.193 e. The summed E-state index contributed by atoms with van der Waals surface area (Å²) in [6.07, 6.45) is 5.63. The van der Waals surface area contributed by atoms with Gasteiger partial charge in [0, 0.05) is 45.5 Å². The van der Waals surface area contributed by atoms with E-state index in [1.807, 2.05) is 7.05 Å². The maximum atomic E-state index is 5.44. The van der Waals surface area contributed by atoms with Gasteiger partial charge in [0.1, 0.15) is 0 Å². The maximum Gasteiger partial charge on any atom is 0.193 e. The molecule has 0 aromatic heterocycles. The van der Waals surface area contributed by atoms with Crippen LogP contribution in [-0.2, 0) is 11.3 Å². The summed E-state index contributed by atoms with van der Waals surface area (Å²) < 4.78 is 5.44. The SMILES string of the molecule is CN=C(NCc1ccc(N2CCOCC2)cc1)N1CC2CCCCC2C1. The number of ether oxygens (including phenoxy) is 1. The van der Waals surface area contributed by atoms with Crippen LogP contribution in [0.2, 0.25) is 0 Å². The first-order valence-electron chi connectivity index (χ1n) is 10.2. The lowest BCUT2D eigenvalue weighted by molar-refractivity contribution is 0.122. The van der Waals surface area contributed by atoms with Crippen molar-refractivity contribution in [3.8, 4) is 0 Å². The molecule has 2 aliphatic heterocycles. The Kier molecular flexibility index (Phi) is 5.63. The van der Waals surface area contributed by atoms with Crippen molar-refractivity contribution in [2.24, 2.45) is 16.8 Å². The third-order valence-corrected chi connectivity index (χ3v) is 6.25. The number of benzene rings is 1. The van der Waals surface area contributed by atoms with Crippen molar-refractivity contribution in [1.82, 2.24) is 10.2 Å². The Hall–Kier alpha value is -1.75. The maximum absolute atomic E-state index is 5.44. The van der Waals surface area contributed by atoms with Crippen LogP contribution in [0, 0.1) is 11.8 Å². The Balaban J connectivity index is 1.31. The molecule has 0 amide bonds.